The molecule has 0 fully saturated rings. The summed E-state index contributed by atoms with van der Waals surface area (Å²) < 4.78 is 27.6. The van der Waals surface area contributed by atoms with Gasteiger partial charge in [-0.2, -0.15) is 0 Å². The molecule has 1 rings (SSSR count). The summed E-state index contributed by atoms with van der Waals surface area (Å²) in [5.74, 6) is -2.74. The molecule has 0 aromatic heterocycles. The van der Waals surface area contributed by atoms with E-state index >= 15 is 0 Å². The molecule has 5 nitrogen and oxygen atoms in total. The summed E-state index contributed by atoms with van der Waals surface area (Å²) in [6.07, 6.45) is 0.445. The monoisotopic (exact) mass is 299 g/mol. The molecule has 1 aromatic rings. The van der Waals surface area contributed by atoms with E-state index in [4.69, 9.17) is 10.9 Å². The van der Waals surface area contributed by atoms with E-state index in [0.29, 0.717) is 0 Å². The van der Waals surface area contributed by atoms with Crippen LogP contribution in [0.2, 0.25) is 0 Å². The fourth-order valence-electron chi connectivity index (χ4n) is 2.15. The summed E-state index contributed by atoms with van der Waals surface area (Å²) >= 11 is 0. The molecule has 0 bridgehead atoms. The van der Waals surface area contributed by atoms with Crippen LogP contribution >= 0.6 is 0 Å². The van der Waals surface area contributed by atoms with Gasteiger partial charge in [-0.1, -0.05) is 25.1 Å². The molecule has 0 atom stereocenters. The van der Waals surface area contributed by atoms with Crippen molar-refractivity contribution in [2.24, 2.45) is 16.3 Å². The lowest BCUT2D eigenvalue weighted by Gasteiger charge is -2.28. The maximum absolute atomic E-state index is 13.9. The number of hydrogen-bond acceptors (Lipinski definition) is 3. The fourth-order valence-corrected chi connectivity index (χ4v) is 2.15. The molecule has 1 amide bonds. The molecule has 7 heteroatoms. The topological polar surface area (TPSA) is 87.7 Å². The van der Waals surface area contributed by atoms with Gasteiger partial charge in [0.25, 0.3) is 0 Å². The Hall–Kier alpha value is -2.18. The predicted octanol–water partition coefficient (Wildman–Crippen LogP) is 2.76. The smallest absolute Gasteiger partial charge is 0.238 e. The number of amidine groups is 1. The van der Waals surface area contributed by atoms with E-state index in [0.717, 1.165) is 6.07 Å². The van der Waals surface area contributed by atoms with Crippen molar-refractivity contribution >= 4 is 17.4 Å². The van der Waals surface area contributed by atoms with Crippen LogP contribution in [0, 0.1) is 24.0 Å². The van der Waals surface area contributed by atoms with Gasteiger partial charge in [0.05, 0.1) is 0 Å². The van der Waals surface area contributed by atoms with E-state index in [1.807, 2.05) is 0 Å². The van der Waals surface area contributed by atoms with Gasteiger partial charge >= 0.3 is 0 Å². The zero-order valence-corrected chi connectivity index (χ0v) is 12.2. The van der Waals surface area contributed by atoms with Gasteiger partial charge in [0.2, 0.25) is 5.91 Å². The number of carbonyl (C=O) groups excluding carboxylic acids is 1. The molecule has 0 heterocycles. The van der Waals surface area contributed by atoms with E-state index in [1.165, 1.54) is 13.0 Å². The third kappa shape index (κ3) is 2.96. The van der Waals surface area contributed by atoms with Crippen LogP contribution in [0.5, 0.6) is 0 Å². The van der Waals surface area contributed by atoms with Crippen LogP contribution < -0.4 is 11.1 Å². The standard InChI is InChI=1S/C14H19F2N3O2/c1-4-14(5-2,12(17)19-21)13(20)18-11-9(15)7-6-8(3)10(11)16/h6-7,21H,4-5H2,1-3H3,(H2,17,19)(H,18,20). The molecule has 1 aromatic carbocycles. The van der Waals surface area contributed by atoms with E-state index in [1.54, 1.807) is 13.8 Å². The Morgan fingerprint density at radius 2 is 1.95 bits per heavy atom. The van der Waals surface area contributed by atoms with Crippen molar-refractivity contribution in [3.05, 3.63) is 29.3 Å². The van der Waals surface area contributed by atoms with E-state index in [2.05, 4.69) is 10.5 Å². The van der Waals surface area contributed by atoms with E-state index in [-0.39, 0.29) is 24.2 Å². The Morgan fingerprint density at radius 1 is 1.38 bits per heavy atom. The molecule has 4 N–H and O–H groups in total. The summed E-state index contributed by atoms with van der Waals surface area (Å²) in [7, 11) is 0. The number of amides is 1. The fraction of sp³-hybridized carbons (Fsp3) is 0.429. The molecule has 0 aliphatic carbocycles. The van der Waals surface area contributed by atoms with Crippen LogP contribution in [0.4, 0.5) is 14.5 Å². The highest BCUT2D eigenvalue weighted by Gasteiger charge is 2.40. The molecule has 0 aliphatic rings. The van der Waals surface area contributed by atoms with Crippen molar-refractivity contribution in [2.45, 2.75) is 33.6 Å². The van der Waals surface area contributed by atoms with Gasteiger partial charge in [-0.05, 0) is 31.4 Å². The minimum absolute atomic E-state index is 0.203. The van der Waals surface area contributed by atoms with Crippen molar-refractivity contribution in [1.82, 2.24) is 0 Å². The highest BCUT2D eigenvalue weighted by Crippen LogP contribution is 2.30. The quantitative estimate of drug-likeness (QED) is 0.338. The number of anilines is 1. The minimum Gasteiger partial charge on any atom is -0.409 e. The first-order chi connectivity index (χ1) is 9.83. The van der Waals surface area contributed by atoms with Gasteiger partial charge in [0, 0.05) is 0 Å². The first-order valence-corrected chi connectivity index (χ1v) is 6.58. The number of nitrogens with one attached hydrogen (secondary N) is 1. The van der Waals surface area contributed by atoms with Gasteiger partial charge in [-0.3, -0.25) is 4.79 Å². The zero-order chi connectivity index (χ0) is 16.2. The van der Waals surface area contributed by atoms with Crippen LogP contribution in [0.3, 0.4) is 0 Å². The van der Waals surface area contributed by atoms with Crippen LogP contribution in [-0.4, -0.2) is 17.0 Å². The van der Waals surface area contributed by atoms with Crippen LogP contribution in [-0.2, 0) is 4.79 Å². The zero-order valence-electron chi connectivity index (χ0n) is 12.2. The maximum atomic E-state index is 13.9. The lowest BCUT2D eigenvalue weighted by atomic mass is 9.80. The van der Waals surface area contributed by atoms with Crippen molar-refractivity contribution < 1.29 is 18.8 Å². The second kappa shape index (κ2) is 6.51. The SMILES string of the molecule is CCC(CC)(C(=O)Nc1c(F)ccc(C)c1F)/C(N)=N/O. The largest absolute Gasteiger partial charge is 0.409 e. The molecule has 116 valence electrons. The van der Waals surface area contributed by atoms with Crippen LogP contribution in [0.25, 0.3) is 0 Å². The number of nitrogens with zero attached hydrogens (tertiary/aromatic N) is 1. The summed E-state index contributed by atoms with van der Waals surface area (Å²) in [6, 6.07) is 2.34. The number of oxime groups is 1. The number of benzene rings is 1. The van der Waals surface area contributed by atoms with E-state index in [9.17, 15) is 13.6 Å². The molecule has 0 aliphatic heterocycles. The Balaban J connectivity index is 3.24. The summed E-state index contributed by atoms with van der Waals surface area (Å²) in [6.45, 7) is 4.80. The summed E-state index contributed by atoms with van der Waals surface area (Å²) in [4.78, 5) is 12.4. The number of carbonyl (C=O) groups is 1. The van der Waals surface area contributed by atoms with Crippen molar-refractivity contribution in [3.63, 3.8) is 0 Å². The lowest BCUT2D eigenvalue weighted by molar-refractivity contribution is -0.122. The minimum atomic E-state index is -1.32. The Kier molecular flexibility index (Phi) is 5.23. The first-order valence-electron chi connectivity index (χ1n) is 6.58. The summed E-state index contributed by atoms with van der Waals surface area (Å²) in [5, 5.41) is 13.9. The highest BCUT2D eigenvalue weighted by atomic mass is 19.1. The first kappa shape index (κ1) is 16.9. The van der Waals surface area contributed by atoms with Gasteiger partial charge in [-0.25, -0.2) is 8.78 Å². The molecule has 0 spiro atoms. The molecular weight excluding hydrogens is 280 g/mol. The average molecular weight is 299 g/mol. The molecule has 0 saturated carbocycles. The maximum Gasteiger partial charge on any atom is 0.238 e. The number of aryl methyl sites for hydroxylation is 1. The molecule has 21 heavy (non-hydrogen) atoms. The van der Waals surface area contributed by atoms with Gasteiger partial charge < -0.3 is 16.3 Å². The van der Waals surface area contributed by atoms with Gasteiger partial charge in [0.1, 0.15) is 16.9 Å². The number of hydrogen-bond donors (Lipinski definition) is 3. The Bertz CT molecular complexity index is 570. The van der Waals surface area contributed by atoms with Gasteiger partial charge in [0.15, 0.2) is 11.7 Å². The van der Waals surface area contributed by atoms with E-state index < -0.39 is 28.6 Å². The molecule has 0 unspecified atom stereocenters. The lowest BCUT2D eigenvalue weighted by Crippen LogP contribution is -2.46. The second-order valence-corrected chi connectivity index (χ2v) is 4.78. The summed E-state index contributed by atoms with van der Waals surface area (Å²) in [5.41, 5.74) is 3.94. The number of halogens is 2. The number of rotatable bonds is 5. The Labute approximate surface area is 121 Å². The molecular formula is C14H19F2N3O2. The van der Waals surface area contributed by atoms with Gasteiger partial charge in [-0.15, -0.1) is 0 Å². The Morgan fingerprint density at radius 3 is 2.43 bits per heavy atom. The molecule has 0 radical (unpaired) electrons. The number of nitrogens with two attached hydrogens (primary N) is 1. The molecule has 0 saturated heterocycles. The van der Waals surface area contributed by atoms with Crippen LogP contribution in [0.15, 0.2) is 17.3 Å². The predicted molar refractivity (Wildman–Crippen MR) is 76.1 cm³/mol. The third-order valence-corrected chi connectivity index (χ3v) is 3.76. The second-order valence-electron chi connectivity index (χ2n) is 4.78. The normalized spacial score (nSPS) is 12.3. The van der Waals surface area contributed by atoms with Crippen LogP contribution in [0.1, 0.15) is 32.3 Å². The highest BCUT2D eigenvalue weighted by molar-refractivity contribution is 6.11. The van der Waals surface area contributed by atoms with Crippen molar-refractivity contribution in [1.29, 1.82) is 0 Å². The third-order valence-electron chi connectivity index (χ3n) is 3.76. The van der Waals surface area contributed by atoms with Crippen molar-refractivity contribution in [2.75, 3.05) is 5.32 Å². The average Bonchev–Trinajstić information content (AvgIpc) is 2.49. The van der Waals surface area contributed by atoms with Crippen molar-refractivity contribution in [3.8, 4) is 0 Å².